The first-order valence-corrected chi connectivity index (χ1v) is 7.96. The van der Waals surface area contributed by atoms with Gasteiger partial charge in [0.1, 0.15) is 10.9 Å². The highest BCUT2D eigenvalue weighted by atomic mass is 32.2. The zero-order valence-electron chi connectivity index (χ0n) is 11.2. The lowest BCUT2D eigenvalue weighted by atomic mass is 10.2. The summed E-state index contributed by atoms with van der Waals surface area (Å²) >= 11 is 0. The molecule has 1 saturated carbocycles. The fourth-order valence-corrected chi connectivity index (χ4v) is 3.29. The van der Waals surface area contributed by atoms with E-state index in [1.807, 2.05) is 0 Å². The number of terminal acetylenes is 1. The van der Waals surface area contributed by atoms with Crippen molar-refractivity contribution in [2.75, 3.05) is 5.32 Å². The van der Waals surface area contributed by atoms with E-state index >= 15 is 0 Å². The van der Waals surface area contributed by atoms with Crippen LogP contribution in [0.15, 0.2) is 29.2 Å². The number of aliphatic carboxylic acids is 1. The van der Waals surface area contributed by atoms with Gasteiger partial charge < -0.3 is 10.4 Å². The van der Waals surface area contributed by atoms with Gasteiger partial charge >= 0.3 is 5.97 Å². The molecule has 21 heavy (non-hydrogen) atoms. The van der Waals surface area contributed by atoms with Gasteiger partial charge in [0.25, 0.3) is 0 Å². The van der Waals surface area contributed by atoms with Gasteiger partial charge in [-0.15, -0.1) is 12.3 Å². The maximum atomic E-state index is 12.3. The first-order chi connectivity index (χ1) is 9.94. The zero-order chi connectivity index (χ0) is 15.5. The van der Waals surface area contributed by atoms with Crippen LogP contribution in [0.2, 0.25) is 0 Å². The number of rotatable bonds is 7. The van der Waals surface area contributed by atoms with Crippen LogP contribution in [0.4, 0.5) is 5.69 Å². The highest BCUT2D eigenvalue weighted by Crippen LogP contribution is 2.26. The lowest BCUT2D eigenvalue weighted by Crippen LogP contribution is -2.31. The minimum Gasteiger partial charge on any atom is -0.480 e. The van der Waals surface area contributed by atoms with Crippen LogP contribution in [0, 0.1) is 12.3 Å². The van der Waals surface area contributed by atoms with Crippen LogP contribution in [0.25, 0.3) is 0 Å². The third kappa shape index (κ3) is 3.97. The van der Waals surface area contributed by atoms with Gasteiger partial charge in [0.2, 0.25) is 10.0 Å². The van der Waals surface area contributed by atoms with E-state index in [1.54, 1.807) is 12.1 Å². The molecule has 0 heterocycles. The second kappa shape index (κ2) is 6.16. The van der Waals surface area contributed by atoms with Crippen molar-refractivity contribution in [1.82, 2.24) is 4.72 Å². The number of para-hydroxylation sites is 1. The molecule has 112 valence electrons. The average Bonchev–Trinajstić information content (AvgIpc) is 3.22. The molecule has 0 saturated heterocycles. The molecule has 1 aromatic rings. The van der Waals surface area contributed by atoms with Crippen LogP contribution >= 0.6 is 0 Å². The summed E-state index contributed by atoms with van der Waals surface area (Å²) in [5.74, 6) is 1.13. The molecule has 2 rings (SSSR count). The number of carboxylic acids is 1. The molecule has 1 fully saturated rings. The fourth-order valence-electron chi connectivity index (χ4n) is 1.81. The maximum Gasteiger partial charge on any atom is 0.327 e. The zero-order valence-corrected chi connectivity index (χ0v) is 12.1. The summed E-state index contributed by atoms with van der Waals surface area (Å²) in [6.07, 6.45) is 6.74. The summed E-state index contributed by atoms with van der Waals surface area (Å²) in [6, 6.07) is 5.11. The van der Waals surface area contributed by atoms with Crippen molar-refractivity contribution in [3.8, 4) is 12.3 Å². The van der Waals surface area contributed by atoms with E-state index in [-0.39, 0.29) is 23.0 Å². The third-order valence-electron chi connectivity index (χ3n) is 3.03. The third-order valence-corrected chi connectivity index (χ3v) is 4.60. The van der Waals surface area contributed by atoms with E-state index in [0.717, 1.165) is 12.8 Å². The van der Waals surface area contributed by atoms with Gasteiger partial charge in [-0.05, 0) is 25.0 Å². The van der Waals surface area contributed by atoms with Crippen LogP contribution in [0.3, 0.4) is 0 Å². The van der Waals surface area contributed by atoms with E-state index < -0.39 is 22.0 Å². The van der Waals surface area contributed by atoms with Gasteiger partial charge in [0, 0.05) is 12.5 Å². The lowest BCUT2D eigenvalue weighted by Gasteiger charge is -2.17. The van der Waals surface area contributed by atoms with Crippen LogP contribution in [0.5, 0.6) is 0 Å². The summed E-state index contributed by atoms with van der Waals surface area (Å²) < 4.78 is 27.1. The Hall–Kier alpha value is -2.04. The maximum absolute atomic E-state index is 12.3. The number of benzene rings is 1. The Morgan fingerprint density at radius 3 is 2.67 bits per heavy atom. The van der Waals surface area contributed by atoms with Crippen molar-refractivity contribution in [3.05, 3.63) is 24.3 Å². The minimum atomic E-state index is -3.67. The Morgan fingerprint density at radius 2 is 2.10 bits per heavy atom. The number of carbonyl (C=O) groups is 1. The molecule has 1 aliphatic rings. The minimum absolute atomic E-state index is 0.0240. The van der Waals surface area contributed by atoms with Crippen molar-refractivity contribution in [3.63, 3.8) is 0 Å². The molecule has 1 atom stereocenters. The summed E-state index contributed by atoms with van der Waals surface area (Å²) in [7, 11) is -3.67. The summed E-state index contributed by atoms with van der Waals surface area (Å²) in [5, 5.41) is 11.8. The van der Waals surface area contributed by atoms with E-state index in [2.05, 4.69) is 16.0 Å². The SMILES string of the molecule is C#CCC(Nc1ccccc1S(=O)(=O)NC1CC1)C(=O)O. The molecule has 0 radical (unpaired) electrons. The highest BCUT2D eigenvalue weighted by molar-refractivity contribution is 7.89. The molecule has 6 nitrogen and oxygen atoms in total. The molecule has 1 unspecified atom stereocenters. The molecule has 0 amide bonds. The standard InChI is InChI=1S/C14H16N2O4S/c1-2-5-12(14(17)18)15-11-6-3-4-7-13(11)21(19,20)16-10-8-9-10/h1,3-4,6-7,10,12,15-16H,5,8-9H2,(H,17,18). The smallest absolute Gasteiger partial charge is 0.327 e. The van der Waals surface area contributed by atoms with Crippen LogP contribution < -0.4 is 10.0 Å². The predicted molar refractivity (Wildman–Crippen MR) is 78.3 cm³/mol. The quantitative estimate of drug-likeness (QED) is 0.654. The van der Waals surface area contributed by atoms with Crippen molar-refractivity contribution in [1.29, 1.82) is 0 Å². The first kappa shape index (κ1) is 15.4. The lowest BCUT2D eigenvalue weighted by molar-refractivity contribution is -0.137. The predicted octanol–water partition coefficient (Wildman–Crippen LogP) is 1.02. The van der Waals surface area contributed by atoms with Crippen LogP contribution in [-0.4, -0.2) is 31.6 Å². The molecule has 0 spiro atoms. The number of hydrogen-bond acceptors (Lipinski definition) is 4. The number of anilines is 1. The molecule has 7 heteroatoms. The van der Waals surface area contributed by atoms with Crippen LogP contribution in [-0.2, 0) is 14.8 Å². The van der Waals surface area contributed by atoms with Gasteiger partial charge in [0.05, 0.1) is 5.69 Å². The Labute approximate surface area is 123 Å². The van der Waals surface area contributed by atoms with Crippen molar-refractivity contribution >= 4 is 21.7 Å². The summed E-state index contributed by atoms with van der Waals surface area (Å²) in [6.45, 7) is 0. The van der Waals surface area contributed by atoms with Crippen LogP contribution in [0.1, 0.15) is 19.3 Å². The largest absolute Gasteiger partial charge is 0.480 e. The molecule has 1 aliphatic carbocycles. The first-order valence-electron chi connectivity index (χ1n) is 6.48. The fraction of sp³-hybridized carbons (Fsp3) is 0.357. The van der Waals surface area contributed by atoms with Crippen molar-refractivity contribution in [2.24, 2.45) is 0 Å². The second-order valence-electron chi connectivity index (χ2n) is 4.84. The van der Waals surface area contributed by atoms with Gasteiger partial charge in [0.15, 0.2) is 0 Å². The van der Waals surface area contributed by atoms with Crippen molar-refractivity contribution in [2.45, 2.75) is 36.2 Å². The molecular weight excluding hydrogens is 292 g/mol. The Balaban J connectivity index is 2.28. The normalized spacial score (nSPS) is 16.0. The van der Waals surface area contributed by atoms with E-state index in [1.165, 1.54) is 12.1 Å². The number of nitrogens with one attached hydrogen (secondary N) is 2. The Kier molecular flexibility index (Phi) is 4.50. The van der Waals surface area contributed by atoms with Gasteiger partial charge in [-0.25, -0.2) is 17.9 Å². The molecule has 0 bridgehead atoms. The Bertz CT molecular complexity index is 674. The van der Waals surface area contributed by atoms with E-state index in [9.17, 15) is 13.2 Å². The van der Waals surface area contributed by atoms with Gasteiger partial charge in [-0.3, -0.25) is 0 Å². The topological polar surface area (TPSA) is 95.5 Å². The highest BCUT2D eigenvalue weighted by Gasteiger charge is 2.30. The molecule has 0 aromatic heterocycles. The molecule has 3 N–H and O–H groups in total. The van der Waals surface area contributed by atoms with E-state index in [4.69, 9.17) is 11.5 Å². The molecule has 0 aliphatic heterocycles. The average molecular weight is 308 g/mol. The molecule has 1 aromatic carbocycles. The van der Waals surface area contributed by atoms with Crippen molar-refractivity contribution < 1.29 is 18.3 Å². The Morgan fingerprint density at radius 1 is 1.43 bits per heavy atom. The number of hydrogen-bond donors (Lipinski definition) is 3. The molecular formula is C14H16N2O4S. The number of carboxylic acid groups (broad SMARTS) is 1. The second-order valence-corrected chi connectivity index (χ2v) is 6.52. The monoisotopic (exact) mass is 308 g/mol. The van der Waals surface area contributed by atoms with E-state index in [0.29, 0.717) is 0 Å². The number of sulfonamides is 1. The summed E-state index contributed by atoms with van der Waals surface area (Å²) in [4.78, 5) is 11.1. The van der Waals surface area contributed by atoms with Gasteiger partial charge in [-0.1, -0.05) is 12.1 Å². The summed E-state index contributed by atoms with van der Waals surface area (Å²) in [5.41, 5.74) is 0.230. The van der Waals surface area contributed by atoms with Gasteiger partial charge in [-0.2, -0.15) is 0 Å².